The van der Waals surface area contributed by atoms with Gasteiger partial charge in [0.25, 0.3) is 0 Å². The van der Waals surface area contributed by atoms with Crippen molar-refractivity contribution >= 4 is 17.8 Å². The number of esters is 1. The van der Waals surface area contributed by atoms with E-state index in [9.17, 15) is 19.5 Å². The Morgan fingerprint density at radius 2 is 1.86 bits per heavy atom. The number of likely N-dealkylation sites (tertiary alicyclic amines) is 1. The third-order valence-corrected chi connectivity index (χ3v) is 6.76. The first-order chi connectivity index (χ1) is 17.9. The summed E-state index contributed by atoms with van der Waals surface area (Å²) >= 11 is 0. The highest BCUT2D eigenvalue weighted by atomic mass is 16.5. The zero-order chi connectivity index (χ0) is 26.4. The van der Waals surface area contributed by atoms with E-state index in [0.717, 1.165) is 16.9 Å². The third-order valence-electron chi connectivity index (χ3n) is 6.76. The van der Waals surface area contributed by atoms with Crippen molar-refractivity contribution in [1.82, 2.24) is 10.2 Å². The summed E-state index contributed by atoms with van der Waals surface area (Å²) in [5.74, 6) is -1.15. The van der Waals surface area contributed by atoms with Crippen molar-refractivity contribution in [3.05, 3.63) is 65.7 Å². The fourth-order valence-electron chi connectivity index (χ4n) is 4.93. The summed E-state index contributed by atoms with van der Waals surface area (Å²) in [6.45, 7) is 4.07. The van der Waals surface area contributed by atoms with Crippen molar-refractivity contribution in [2.24, 2.45) is 0 Å². The number of carboxylic acid groups (broad SMARTS) is 1. The van der Waals surface area contributed by atoms with E-state index in [-0.39, 0.29) is 25.7 Å². The molecule has 198 valence electrons. The summed E-state index contributed by atoms with van der Waals surface area (Å²) < 4.78 is 17.2. The van der Waals surface area contributed by atoms with Crippen LogP contribution >= 0.6 is 0 Å². The van der Waals surface area contributed by atoms with Crippen LogP contribution in [0.3, 0.4) is 0 Å². The minimum Gasteiger partial charge on any atom is -0.490 e. The molecule has 0 saturated carbocycles. The van der Waals surface area contributed by atoms with E-state index in [0.29, 0.717) is 19.4 Å². The maximum atomic E-state index is 13.4. The molecular formula is C28H34N2O7. The summed E-state index contributed by atoms with van der Waals surface area (Å²) in [6, 6.07) is 14.7. The molecule has 9 nitrogen and oxygen atoms in total. The Morgan fingerprint density at radius 1 is 1.14 bits per heavy atom. The normalized spacial score (nSPS) is 22.1. The molecule has 2 heterocycles. The number of carbonyl (C=O) groups excluding carboxylic acids is 2. The Morgan fingerprint density at radius 3 is 2.57 bits per heavy atom. The SMILES string of the molecule is CCOC(=O)C(CC1Cc2ccccc2O1)N[C@@H](C)C(=O)N1CC(OCc2ccccc2)CC1C(=O)O. The van der Waals surface area contributed by atoms with Crippen LogP contribution in [-0.2, 0) is 36.9 Å². The average Bonchev–Trinajstić information content (AvgIpc) is 3.51. The Hall–Kier alpha value is -3.43. The second-order valence-corrected chi connectivity index (χ2v) is 9.48. The topological polar surface area (TPSA) is 114 Å². The molecule has 1 saturated heterocycles. The van der Waals surface area contributed by atoms with Gasteiger partial charge in [-0.25, -0.2) is 4.79 Å². The van der Waals surface area contributed by atoms with Gasteiger partial charge in [-0.05, 0) is 31.0 Å². The second-order valence-electron chi connectivity index (χ2n) is 9.48. The van der Waals surface area contributed by atoms with Crippen LogP contribution in [0.2, 0.25) is 0 Å². The molecule has 1 fully saturated rings. The van der Waals surface area contributed by atoms with Crippen LogP contribution in [0.25, 0.3) is 0 Å². The molecule has 4 unspecified atom stereocenters. The number of ether oxygens (including phenoxy) is 3. The van der Waals surface area contributed by atoms with Gasteiger partial charge in [-0.15, -0.1) is 0 Å². The lowest BCUT2D eigenvalue weighted by molar-refractivity contribution is -0.150. The first-order valence-corrected chi connectivity index (χ1v) is 12.7. The summed E-state index contributed by atoms with van der Waals surface area (Å²) in [6.07, 6.45) is 0.537. The maximum absolute atomic E-state index is 13.4. The van der Waals surface area contributed by atoms with Gasteiger partial charge in [-0.2, -0.15) is 0 Å². The van der Waals surface area contributed by atoms with Crippen molar-refractivity contribution < 1.29 is 33.7 Å². The molecule has 2 aliphatic rings. The quantitative estimate of drug-likeness (QED) is 0.444. The molecule has 2 N–H and O–H groups in total. The van der Waals surface area contributed by atoms with E-state index in [1.807, 2.05) is 54.6 Å². The van der Waals surface area contributed by atoms with E-state index < -0.39 is 42.1 Å². The molecule has 1 amide bonds. The van der Waals surface area contributed by atoms with Gasteiger partial charge in [0.1, 0.15) is 23.9 Å². The lowest BCUT2D eigenvalue weighted by atomic mass is 10.0. The molecule has 5 atom stereocenters. The molecule has 0 radical (unpaired) electrons. The predicted molar refractivity (Wildman–Crippen MR) is 135 cm³/mol. The van der Waals surface area contributed by atoms with Crippen molar-refractivity contribution in [3.63, 3.8) is 0 Å². The molecule has 0 aromatic heterocycles. The van der Waals surface area contributed by atoms with E-state index in [1.54, 1.807) is 13.8 Å². The van der Waals surface area contributed by atoms with Crippen LogP contribution in [0.1, 0.15) is 37.8 Å². The minimum absolute atomic E-state index is 0.166. The zero-order valence-electron chi connectivity index (χ0n) is 21.2. The van der Waals surface area contributed by atoms with Gasteiger partial charge in [-0.1, -0.05) is 48.5 Å². The van der Waals surface area contributed by atoms with Crippen LogP contribution in [0.15, 0.2) is 54.6 Å². The highest BCUT2D eigenvalue weighted by Crippen LogP contribution is 2.30. The molecule has 2 aromatic carbocycles. The minimum atomic E-state index is -1.08. The van der Waals surface area contributed by atoms with E-state index >= 15 is 0 Å². The maximum Gasteiger partial charge on any atom is 0.326 e. The van der Waals surface area contributed by atoms with E-state index in [1.165, 1.54) is 4.90 Å². The summed E-state index contributed by atoms with van der Waals surface area (Å²) in [5, 5.41) is 12.9. The smallest absolute Gasteiger partial charge is 0.326 e. The number of hydrogen-bond acceptors (Lipinski definition) is 7. The number of fused-ring (bicyclic) bond motifs is 1. The van der Waals surface area contributed by atoms with Gasteiger partial charge in [0.2, 0.25) is 5.91 Å². The summed E-state index contributed by atoms with van der Waals surface area (Å²) in [5.41, 5.74) is 2.05. The van der Waals surface area contributed by atoms with Crippen LogP contribution in [-0.4, -0.2) is 71.3 Å². The number of rotatable bonds is 11. The average molecular weight is 511 g/mol. The molecular weight excluding hydrogens is 476 g/mol. The highest BCUT2D eigenvalue weighted by molar-refractivity contribution is 5.88. The third kappa shape index (κ3) is 6.67. The molecule has 9 heteroatoms. The van der Waals surface area contributed by atoms with Crippen LogP contribution in [0.5, 0.6) is 5.75 Å². The number of nitrogens with zero attached hydrogens (tertiary/aromatic N) is 1. The summed E-state index contributed by atoms with van der Waals surface area (Å²) in [7, 11) is 0. The van der Waals surface area contributed by atoms with Crippen LogP contribution in [0, 0.1) is 0 Å². The van der Waals surface area contributed by atoms with E-state index in [4.69, 9.17) is 14.2 Å². The number of nitrogens with one attached hydrogen (secondary N) is 1. The van der Waals surface area contributed by atoms with Gasteiger partial charge in [-0.3, -0.25) is 14.9 Å². The highest BCUT2D eigenvalue weighted by Gasteiger charge is 2.42. The largest absolute Gasteiger partial charge is 0.490 e. The van der Waals surface area contributed by atoms with Crippen molar-refractivity contribution in [1.29, 1.82) is 0 Å². The zero-order valence-corrected chi connectivity index (χ0v) is 21.2. The Labute approximate surface area is 216 Å². The number of hydrogen-bond donors (Lipinski definition) is 2. The summed E-state index contributed by atoms with van der Waals surface area (Å²) in [4.78, 5) is 39.4. The fourth-order valence-corrected chi connectivity index (χ4v) is 4.93. The number of amides is 1. The first kappa shape index (κ1) is 26.6. The van der Waals surface area contributed by atoms with Crippen LogP contribution in [0.4, 0.5) is 0 Å². The van der Waals surface area contributed by atoms with Gasteiger partial charge in [0.15, 0.2) is 0 Å². The van der Waals surface area contributed by atoms with Crippen molar-refractivity contribution in [3.8, 4) is 5.75 Å². The second kappa shape index (κ2) is 12.2. The van der Waals surface area contributed by atoms with Gasteiger partial charge in [0.05, 0.1) is 25.4 Å². The molecule has 0 aliphatic carbocycles. The Bertz CT molecular complexity index is 1070. The molecule has 2 aliphatic heterocycles. The van der Waals surface area contributed by atoms with Gasteiger partial charge < -0.3 is 24.2 Å². The number of para-hydroxylation sites is 1. The van der Waals surface area contributed by atoms with E-state index in [2.05, 4.69) is 5.32 Å². The number of carboxylic acids is 1. The molecule has 37 heavy (non-hydrogen) atoms. The molecule has 0 spiro atoms. The Kier molecular flexibility index (Phi) is 8.78. The fraction of sp³-hybridized carbons (Fsp3) is 0.464. The van der Waals surface area contributed by atoms with Gasteiger partial charge >= 0.3 is 11.9 Å². The lowest BCUT2D eigenvalue weighted by Crippen LogP contribution is -2.54. The Balaban J connectivity index is 1.38. The lowest BCUT2D eigenvalue weighted by Gasteiger charge is -2.28. The number of aliphatic carboxylic acids is 1. The number of benzene rings is 2. The molecule has 2 aromatic rings. The standard InChI is InChI=1S/C28H34N2O7/c1-3-35-28(34)23(14-21-13-20-11-7-8-12-25(20)37-21)29-18(2)26(31)30-16-22(15-24(30)27(32)33)36-17-19-9-5-4-6-10-19/h4-12,18,21-24,29H,3,13-17H2,1-2H3,(H,32,33)/t18-,21?,22?,23?,24?/m0/s1. The molecule has 0 bridgehead atoms. The van der Waals surface area contributed by atoms with Crippen LogP contribution < -0.4 is 10.1 Å². The molecule has 4 rings (SSSR count). The van der Waals surface area contributed by atoms with Crippen molar-refractivity contribution in [2.75, 3.05) is 13.2 Å². The predicted octanol–water partition coefficient (Wildman–Crippen LogP) is 2.56. The first-order valence-electron chi connectivity index (χ1n) is 12.7. The monoisotopic (exact) mass is 510 g/mol. The number of carbonyl (C=O) groups is 3. The van der Waals surface area contributed by atoms with Gasteiger partial charge in [0, 0.05) is 25.8 Å². The van der Waals surface area contributed by atoms with Crippen molar-refractivity contribution in [2.45, 2.75) is 70.1 Å².